The van der Waals surface area contributed by atoms with Gasteiger partial charge in [-0.15, -0.1) is 0 Å². The van der Waals surface area contributed by atoms with Gasteiger partial charge in [-0.1, -0.05) is 12.1 Å². The topological polar surface area (TPSA) is 97.4 Å². The van der Waals surface area contributed by atoms with Crippen LogP contribution in [0, 0.1) is 6.92 Å². The number of hydrogen-bond acceptors (Lipinski definition) is 5. The summed E-state index contributed by atoms with van der Waals surface area (Å²) < 4.78 is 32.3. The first kappa shape index (κ1) is 19.0. The third kappa shape index (κ3) is 5.35. The summed E-state index contributed by atoms with van der Waals surface area (Å²) in [6.45, 7) is 2.56. The Balaban J connectivity index is 2.15. The maximum Gasteiger partial charge on any atom is 0.251 e. The second-order valence-corrected chi connectivity index (χ2v) is 7.14. The molecule has 25 heavy (non-hydrogen) atoms. The van der Waals surface area contributed by atoms with Crippen molar-refractivity contribution in [3.63, 3.8) is 0 Å². The molecule has 0 aliphatic heterocycles. The number of sulfonamides is 1. The predicted molar refractivity (Wildman–Crippen MR) is 93.7 cm³/mol. The summed E-state index contributed by atoms with van der Waals surface area (Å²) in [5.74, 6) is -0.337. The molecule has 0 unspecified atom stereocenters. The molecule has 0 radical (unpaired) electrons. The molecular weight excluding hydrogens is 342 g/mol. The van der Waals surface area contributed by atoms with Gasteiger partial charge in [-0.2, -0.15) is 0 Å². The minimum atomic E-state index is -3.75. The molecule has 1 amide bonds. The number of aryl methyl sites for hydroxylation is 1. The fourth-order valence-corrected chi connectivity index (χ4v) is 3.15. The number of carbonyl (C=O) groups excluding carboxylic acids is 1. The van der Waals surface area contributed by atoms with E-state index in [-0.39, 0.29) is 17.3 Å². The average Bonchev–Trinajstić information content (AvgIpc) is 2.61. The van der Waals surface area contributed by atoms with Crippen LogP contribution in [0.2, 0.25) is 0 Å². The molecule has 2 N–H and O–H groups in total. The predicted octanol–water partition coefficient (Wildman–Crippen LogP) is 1.24. The van der Waals surface area contributed by atoms with Gasteiger partial charge in [0.25, 0.3) is 5.91 Å². The van der Waals surface area contributed by atoms with Crippen molar-refractivity contribution in [3.05, 3.63) is 59.4 Å². The molecule has 0 aliphatic rings. The Kier molecular flexibility index (Phi) is 6.63. The Morgan fingerprint density at radius 3 is 2.72 bits per heavy atom. The number of nitrogens with one attached hydrogen (secondary N) is 2. The molecule has 2 rings (SSSR count). The lowest BCUT2D eigenvalue weighted by Gasteiger charge is -2.11. The molecule has 7 nitrogen and oxygen atoms in total. The first-order valence-corrected chi connectivity index (χ1v) is 9.19. The Morgan fingerprint density at radius 2 is 2.04 bits per heavy atom. The van der Waals surface area contributed by atoms with Gasteiger partial charge in [0, 0.05) is 25.4 Å². The maximum atomic E-state index is 12.5. The summed E-state index contributed by atoms with van der Waals surface area (Å²) in [6.07, 6.45) is 1.60. The van der Waals surface area contributed by atoms with Crippen molar-refractivity contribution in [2.24, 2.45) is 0 Å². The number of hydrogen-bond donors (Lipinski definition) is 2. The number of carbonyl (C=O) groups is 1. The van der Waals surface area contributed by atoms with E-state index in [9.17, 15) is 13.2 Å². The number of ether oxygens (including phenoxy) is 1. The average molecular weight is 363 g/mol. The summed E-state index contributed by atoms with van der Waals surface area (Å²) in [6, 6.07) is 9.73. The highest BCUT2D eigenvalue weighted by atomic mass is 32.2. The zero-order valence-corrected chi connectivity index (χ0v) is 15.0. The fourth-order valence-electron chi connectivity index (χ4n) is 2.13. The van der Waals surface area contributed by atoms with Gasteiger partial charge >= 0.3 is 0 Å². The number of methoxy groups -OCH3 is 1. The van der Waals surface area contributed by atoms with Crippen molar-refractivity contribution in [1.29, 1.82) is 0 Å². The van der Waals surface area contributed by atoms with Crippen molar-refractivity contribution in [2.45, 2.75) is 18.4 Å². The summed E-state index contributed by atoms with van der Waals surface area (Å²) >= 11 is 0. The lowest BCUT2D eigenvalue weighted by Crippen LogP contribution is -2.28. The van der Waals surface area contributed by atoms with Crippen LogP contribution < -0.4 is 10.0 Å². The molecule has 134 valence electrons. The number of benzene rings is 1. The number of aromatic nitrogens is 1. The van der Waals surface area contributed by atoms with Crippen LogP contribution in [0.5, 0.6) is 0 Å². The van der Waals surface area contributed by atoms with E-state index in [4.69, 9.17) is 4.74 Å². The van der Waals surface area contributed by atoms with E-state index >= 15 is 0 Å². The van der Waals surface area contributed by atoms with Crippen LogP contribution in [0.15, 0.2) is 47.5 Å². The second-order valence-electron chi connectivity index (χ2n) is 5.37. The van der Waals surface area contributed by atoms with Crippen LogP contribution in [0.1, 0.15) is 21.6 Å². The molecule has 8 heteroatoms. The monoisotopic (exact) mass is 363 g/mol. The Bertz CT molecular complexity index is 823. The molecule has 0 bridgehead atoms. The van der Waals surface area contributed by atoms with Gasteiger partial charge in [0.15, 0.2) is 0 Å². The van der Waals surface area contributed by atoms with Crippen molar-refractivity contribution < 1.29 is 17.9 Å². The van der Waals surface area contributed by atoms with Crippen molar-refractivity contribution in [1.82, 2.24) is 15.0 Å². The van der Waals surface area contributed by atoms with Gasteiger partial charge in [0.2, 0.25) is 10.0 Å². The summed E-state index contributed by atoms with van der Waals surface area (Å²) in [5.41, 5.74) is 1.62. The molecule has 2 aromatic rings. The number of amides is 1. The normalized spacial score (nSPS) is 11.3. The molecule has 0 atom stereocenters. The Hall–Kier alpha value is -2.29. The van der Waals surface area contributed by atoms with E-state index in [1.807, 2.05) is 0 Å². The second kappa shape index (κ2) is 8.70. The Labute approximate surface area is 147 Å². The van der Waals surface area contributed by atoms with Crippen LogP contribution in [0.4, 0.5) is 0 Å². The summed E-state index contributed by atoms with van der Waals surface area (Å²) in [7, 11) is -2.21. The summed E-state index contributed by atoms with van der Waals surface area (Å²) in [5, 5.41) is 2.69. The van der Waals surface area contributed by atoms with Crippen molar-refractivity contribution in [3.8, 4) is 0 Å². The molecule has 0 aliphatic carbocycles. The van der Waals surface area contributed by atoms with E-state index in [0.717, 1.165) is 0 Å². The van der Waals surface area contributed by atoms with E-state index in [1.165, 1.54) is 19.2 Å². The first-order chi connectivity index (χ1) is 11.9. The van der Waals surface area contributed by atoms with Gasteiger partial charge in [-0.25, -0.2) is 13.1 Å². The van der Waals surface area contributed by atoms with Gasteiger partial charge in [-0.3, -0.25) is 9.78 Å². The minimum Gasteiger partial charge on any atom is -0.383 e. The molecule has 1 heterocycles. The molecule has 1 aromatic carbocycles. The SMILES string of the molecule is COCCNC(=O)c1cc(S(=O)(=O)NCc2ccccn2)ccc1C. The number of pyridine rings is 1. The number of nitrogens with zero attached hydrogens (tertiary/aromatic N) is 1. The van der Waals surface area contributed by atoms with E-state index in [0.29, 0.717) is 30.0 Å². The number of rotatable bonds is 8. The van der Waals surface area contributed by atoms with E-state index < -0.39 is 10.0 Å². The lowest BCUT2D eigenvalue weighted by atomic mass is 10.1. The van der Waals surface area contributed by atoms with E-state index in [2.05, 4.69) is 15.0 Å². The highest BCUT2D eigenvalue weighted by Crippen LogP contribution is 2.16. The standard InChI is InChI=1S/C17H21N3O4S/c1-13-6-7-15(11-16(13)17(21)19-9-10-24-2)25(22,23)20-12-14-5-3-4-8-18-14/h3-8,11,20H,9-10,12H2,1-2H3,(H,19,21). The quantitative estimate of drug-likeness (QED) is 0.688. The largest absolute Gasteiger partial charge is 0.383 e. The zero-order valence-electron chi connectivity index (χ0n) is 14.2. The van der Waals surface area contributed by atoms with Gasteiger partial charge in [-0.05, 0) is 36.8 Å². The van der Waals surface area contributed by atoms with Gasteiger partial charge in [0.05, 0.1) is 23.7 Å². The van der Waals surface area contributed by atoms with Gasteiger partial charge in [0.1, 0.15) is 0 Å². The van der Waals surface area contributed by atoms with Crippen molar-refractivity contribution in [2.75, 3.05) is 20.3 Å². The first-order valence-electron chi connectivity index (χ1n) is 7.71. The molecule has 0 spiro atoms. The van der Waals surface area contributed by atoms with Gasteiger partial charge < -0.3 is 10.1 Å². The third-order valence-electron chi connectivity index (χ3n) is 3.53. The molecule has 0 fully saturated rings. The van der Waals surface area contributed by atoms with Crippen molar-refractivity contribution >= 4 is 15.9 Å². The highest BCUT2D eigenvalue weighted by Gasteiger charge is 2.18. The molecule has 1 aromatic heterocycles. The zero-order chi connectivity index (χ0) is 18.3. The molecule has 0 saturated carbocycles. The lowest BCUT2D eigenvalue weighted by molar-refractivity contribution is 0.0936. The third-order valence-corrected chi connectivity index (χ3v) is 4.92. The minimum absolute atomic E-state index is 0.0333. The van der Waals surface area contributed by atoms with Crippen LogP contribution in [-0.4, -0.2) is 39.6 Å². The molecular formula is C17H21N3O4S. The maximum absolute atomic E-state index is 12.5. The molecule has 0 saturated heterocycles. The fraction of sp³-hybridized carbons (Fsp3) is 0.294. The van der Waals surface area contributed by atoms with E-state index in [1.54, 1.807) is 37.4 Å². The van der Waals surface area contributed by atoms with Crippen LogP contribution >= 0.6 is 0 Å². The van der Waals surface area contributed by atoms with Crippen LogP contribution in [-0.2, 0) is 21.3 Å². The summed E-state index contributed by atoms with van der Waals surface area (Å²) in [4.78, 5) is 16.3. The van der Waals surface area contributed by atoms with Crippen LogP contribution in [0.25, 0.3) is 0 Å². The van der Waals surface area contributed by atoms with Crippen LogP contribution in [0.3, 0.4) is 0 Å². The Morgan fingerprint density at radius 1 is 1.24 bits per heavy atom. The highest BCUT2D eigenvalue weighted by molar-refractivity contribution is 7.89. The smallest absolute Gasteiger partial charge is 0.251 e.